The molecule has 0 saturated carbocycles. The number of methoxy groups -OCH3 is 1. The van der Waals surface area contributed by atoms with Gasteiger partial charge in [-0.25, -0.2) is 0 Å². The first-order chi connectivity index (χ1) is 9.08. The van der Waals surface area contributed by atoms with Crippen molar-refractivity contribution in [2.75, 3.05) is 19.0 Å². The molecule has 0 saturated heterocycles. The zero-order chi connectivity index (χ0) is 14.3. The number of hydrogen-bond donors (Lipinski definition) is 2. The Morgan fingerprint density at radius 3 is 2.74 bits per heavy atom. The molecule has 1 aromatic carbocycles. The van der Waals surface area contributed by atoms with Crippen LogP contribution in [-0.2, 0) is 4.79 Å². The van der Waals surface area contributed by atoms with Crippen LogP contribution in [0.2, 0.25) is 0 Å². The zero-order valence-corrected chi connectivity index (χ0v) is 12.2. The lowest BCUT2D eigenvalue weighted by Crippen LogP contribution is -2.38. The molecule has 0 aliphatic heterocycles. The first-order valence-corrected chi connectivity index (χ1v) is 6.77. The number of rotatable bonds is 7. The van der Waals surface area contributed by atoms with E-state index in [-0.39, 0.29) is 11.9 Å². The summed E-state index contributed by atoms with van der Waals surface area (Å²) < 4.78 is 5.16. The summed E-state index contributed by atoms with van der Waals surface area (Å²) >= 11 is 0. The van der Waals surface area contributed by atoms with Crippen molar-refractivity contribution in [3.63, 3.8) is 0 Å². The molecule has 0 spiro atoms. The number of ether oxygens (including phenoxy) is 1. The van der Waals surface area contributed by atoms with Crippen molar-refractivity contribution in [1.29, 1.82) is 0 Å². The van der Waals surface area contributed by atoms with E-state index in [1.54, 1.807) is 7.11 Å². The molecule has 0 aliphatic carbocycles. The highest BCUT2D eigenvalue weighted by atomic mass is 16.5. The Kier molecular flexibility index (Phi) is 6.19. The molecule has 1 unspecified atom stereocenters. The number of anilines is 1. The fraction of sp³-hybridized carbons (Fsp3) is 0.533. The zero-order valence-electron chi connectivity index (χ0n) is 12.2. The molecule has 1 atom stereocenters. The smallest absolute Gasteiger partial charge is 0.242 e. The molecule has 0 fully saturated rings. The van der Waals surface area contributed by atoms with Gasteiger partial charge in [0.1, 0.15) is 11.8 Å². The van der Waals surface area contributed by atoms with Gasteiger partial charge in [-0.05, 0) is 44.0 Å². The first-order valence-electron chi connectivity index (χ1n) is 6.77. The van der Waals surface area contributed by atoms with E-state index >= 15 is 0 Å². The minimum atomic E-state index is -0.246. The van der Waals surface area contributed by atoms with Crippen LogP contribution in [0, 0.1) is 6.92 Å². The van der Waals surface area contributed by atoms with Gasteiger partial charge in [0.25, 0.3) is 0 Å². The van der Waals surface area contributed by atoms with Gasteiger partial charge in [0.2, 0.25) is 5.91 Å². The van der Waals surface area contributed by atoms with Gasteiger partial charge in [-0.15, -0.1) is 0 Å². The Morgan fingerprint density at radius 2 is 2.16 bits per heavy atom. The molecule has 0 bridgehead atoms. The van der Waals surface area contributed by atoms with Crippen molar-refractivity contribution in [3.05, 3.63) is 23.8 Å². The number of hydrogen-bond acceptors (Lipinski definition) is 3. The van der Waals surface area contributed by atoms with Gasteiger partial charge in [0.05, 0.1) is 7.11 Å². The molecular weight excluding hydrogens is 240 g/mol. The van der Waals surface area contributed by atoms with Crippen molar-refractivity contribution in [2.24, 2.45) is 0 Å². The third kappa shape index (κ3) is 4.81. The fourth-order valence-corrected chi connectivity index (χ4v) is 1.77. The van der Waals surface area contributed by atoms with Crippen molar-refractivity contribution < 1.29 is 9.53 Å². The number of aryl methyl sites for hydroxylation is 1. The summed E-state index contributed by atoms with van der Waals surface area (Å²) in [5.74, 6) is 0.853. The van der Waals surface area contributed by atoms with Crippen LogP contribution in [0.15, 0.2) is 18.2 Å². The van der Waals surface area contributed by atoms with Crippen LogP contribution in [0.25, 0.3) is 0 Å². The van der Waals surface area contributed by atoms with Crippen LogP contribution in [0.1, 0.15) is 32.3 Å². The van der Waals surface area contributed by atoms with Crippen LogP contribution in [-0.4, -0.2) is 25.6 Å². The Balaban J connectivity index is 2.56. The number of carbonyl (C=O) groups is 1. The molecule has 1 aromatic rings. The lowest BCUT2D eigenvalue weighted by molar-refractivity contribution is -0.121. The maximum Gasteiger partial charge on any atom is 0.242 e. The molecule has 2 N–H and O–H groups in total. The average Bonchev–Trinajstić information content (AvgIpc) is 2.41. The highest BCUT2D eigenvalue weighted by Gasteiger charge is 2.12. The molecule has 1 amide bonds. The van der Waals surface area contributed by atoms with Gasteiger partial charge >= 0.3 is 0 Å². The molecule has 4 nitrogen and oxygen atoms in total. The van der Waals surface area contributed by atoms with E-state index in [0.29, 0.717) is 0 Å². The van der Waals surface area contributed by atoms with Gasteiger partial charge < -0.3 is 15.4 Å². The maximum absolute atomic E-state index is 11.9. The van der Waals surface area contributed by atoms with Crippen molar-refractivity contribution in [1.82, 2.24) is 5.32 Å². The van der Waals surface area contributed by atoms with Crippen molar-refractivity contribution >= 4 is 11.6 Å². The second-order valence-corrected chi connectivity index (χ2v) is 4.69. The highest BCUT2D eigenvalue weighted by Crippen LogP contribution is 2.21. The predicted octanol–water partition coefficient (Wildman–Crippen LogP) is 2.72. The summed E-state index contributed by atoms with van der Waals surface area (Å²) in [5.41, 5.74) is 2.02. The van der Waals surface area contributed by atoms with Crippen molar-refractivity contribution in [2.45, 2.75) is 39.7 Å². The quantitative estimate of drug-likeness (QED) is 0.744. The molecule has 1 rings (SSSR count). The second kappa shape index (κ2) is 7.67. The summed E-state index contributed by atoms with van der Waals surface area (Å²) in [4.78, 5) is 11.9. The van der Waals surface area contributed by atoms with Crippen molar-refractivity contribution in [3.8, 4) is 5.75 Å². The molecule has 19 heavy (non-hydrogen) atoms. The molecule has 0 aromatic heterocycles. The Hall–Kier alpha value is -1.71. The largest absolute Gasteiger partial charge is 0.497 e. The number of unbranched alkanes of at least 4 members (excludes halogenated alkanes) is 1. The number of amides is 1. The SMILES string of the molecule is CCCCNC(=O)C(C)Nc1ccc(OC)cc1C. The Bertz CT molecular complexity index is 419. The normalized spacial score (nSPS) is 11.8. The van der Waals surface area contributed by atoms with E-state index < -0.39 is 0 Å². The minimum Gasteiger partial charge on any atom is -0.497 e. The van der Waals surface area contributed by atoms with Crippen LogP contribution in [0.5, 0.6) is 5.75 Å². The fourth-order valence-electron chi connectivity index (χ4n) is 1.77. The molecule has 106 valence electrons. The summed E-state index contributed by atoms with van der Waals surface area (Å²) in [6.07, 6.45) is 2.10. The lowest BCUT2D eigenvalue weighted by Gasteiger charge is -2.17. The van der Waals surface area contributed by atoms with Crippen LogP contribution < -0.4 is 15.4 Å². The van der Waals surface area contributed by atoms with Gasteiger partial charge in [0, 0.05) is 12.2 Å². The number of benzene rings is 1. The van der Waals surface area contributed by atoms with E-state index in [2.05, 4.69) is 17.6 Å². The summed E-state index contributed by atoms with van der Waals surface area (Å²) in [5, 5.41) is 6.14. The summed E-state index contributed by atoms with van der Waals surface area (Å²) in [7, 11) is 1.64. The number of carbonyl (C=O) groups excluding carboxylic acids is 1. The minimum absolute atomic E-state index is 0.0312. The van der Waals surface area contributed by atoms with E-state index in [4.69, 9.17) is 4.74 Å². The van der Waals surface area contributed by atoms with Crippen LogP contribution in [0.4, 0.5) is 5.69 Å². The van der Waals surface area contributed by atoms with Crippen LogP contribution >= 0.6 is 0 Å². The first kappa shape index (κ1) is 15.3. The van der Waals surface area contributed by atoms with E-state index in [1.807, 2.05) is 32.0 Å². The summed E-state index contributed by atoms with van der Waals surface area (Å²) in [6, 6.07) is 5.52. The van der Waals surface area contributed by atoms with E-state index in [0.717, 1.165) is 36.4 Å². The molecule has 0 aliphatic rings. The third-order valence-corrected chi connectivity index (χ3v) is 3.03. The van der Waals surface area contributed by atoms with Gasteiger partial charge in [-0.1, -0.05) is 13.3 Å². The molecular formula is C15H24N2O2. The lowest BCUT2D eigenvalue weighted by atomic mass is 10.1. The van der Waals surface area contributed by atoms with E-state index in [9.17, 15) is 4.79 Å². The Morgan fingerprint density at radius 1 is 1.42 bits per heavy atom. The van der Waals surface area contributed by atoms with Gasteiger partial charge in [-0.3, -0.25) is 4.79 Å². The molecule has 0 heterocycles. The maximum atomic E-state index is 11.9. The molecule has 0 radical (unpaired) electrons. The van der Waals surface area contributed by atoms with Gasteiger partial charge in [-0.2, -0.15) is 0 Å². The summed E-state index contributed by atoms with van der Waals surface area (Å²) in [6.45, 7) is 6.70. The second-order valence-electron chi connectivity index (χ2n) is 4.69. The van der Waals surface area contributed by atoms with Crippen LogP contribution in [0.3, 0.4) is 0 Å². The highest BCUT2D eigenvalue weighted by molar-refractivity contribution is 5.84. The van der Waals surface area contributed by atoms with Gasteiger partial charge in [0.15, 0.2) is 0 Å². The monoisotopic (exact) mass is 264 g/mol. The predicted molar refractivity (Wildman–Crippen MR) is 78.7 cm³/mol. The molecule has 4 heteroatoms. The third-order valence-electron chi connectivity index (χ3n) is 3.03. The van der Waals surface area contributed by atoms with E-state index in [1.165, 1.54) is 0 Å². The number of nitrogens with one attached hydrogen (secondary N) is 2. The standard InChI is InChI=1S/C15H24N2O2/c1-5-6-9-16-15(18)12(3)17-14-8-7-13(19-4)10-11(14)2/h7-8,10,12,17H,5-6,9H2,1-4H3,(H,16,18). The average molecular weight is 264 g/mol. The Labute approximate surface area is 115 Å². The topological polar surface area (TPSA) is 50.4 Å².